The molecule has 2 rings (SSSR count). The molecule has 1 aliphatic rings. The monoisotopic (exact) mass is 262 g/mol. The first kappa shape index (κ1) is 14.2. The van der Waals surface area contributed by atoms with E-state index in [1.807, 2.05) is 12.1 Å². The topological polar surface area (TPSA) is 24.5 Å². The molecule has 19 heavy (non-hydrogen) atoms. The first-order valence-electron chi connectivity index (χ1n) is 7.38. The molecule has 1 aromatic rings. The van der Waals surface area contributed by atoms with Gasteiger partial charge in [-0.3, -0.25) is 0 Å². The lowest BCUT2D eigenvalue weighted by molar-refractivity contribution is 0.376. The van der Waals surface area contributed by atoms with Gasteiger partial charge in [0.2, 0.25) is 0 Å². The van der Waals surface area contributed by atoms with E-state index in [4.69, 9.17) is 4.74 Å². The lowest BCUT2D eigenvalue weighted by atomic mass is 10.0. The molecule has 0 amide bonds. The molecule has 1 aromatic carbocycles. The lowest BCUT2D eigenvalue weighted by Crippen LogP contribution is -2.34. The van der Waals surface area contributed by atoms with Crippen molar-refractivity contribution in [2.24, 2.45) is 0 Å². The van der Waals surface area contributed by atoms with E-state index in [0.29, 0.717) is 0 Å². The molecule has 1 N–H and O–H groups in total. The van der Waals surface area contributed by atoms with Crippen molar-refractivity contribution in [2.75, 3.05) is 32.1 Å². The van der Waals surface area contributed by atoms with Crippen molar-refractivity contribution in [3.05, 3.63) is 24.3 Å². The Morgan fingerprint density at radius 3 is 3.00 bits per heavy atom. The normalized spacial score (nSPS) is 19.2. The molecule has 3 nitrogen and oxygen atoms in total. The molecule has 1 aliphatic heterocycles. The molecule has 1 unspecified atom stereocenters. The zero-order valence-corrected chi connectivity index (χ0v) is 12.2. The van der Waals surface area contributed by atoms with Gasteiger partial charge in [-0.2, -0.15) is 0 Å². The van der Waals surface area contributed by atoms with Gasteiger partial charge in [-0.1, -0.05) is 12.5 Å². The molecule has 0 aromatic heterocycles. The Kier molecular flexibility index (Phi) is 5.52. The van der Waals surface area contributed by atoms with Crippen LogP contribution in [0.5, 0.6) is 5.75 Å². The third-order valence-electron chi connectivity index (χ3n) is 3.95. The first-order valence-corrected chi connectivity index (χ1v) is 7.38. The molecule has 0 aliphatic carbocycles. The highest BCUT2D eigenvalue weighted by Crippen LogP contribution is 2.20. The van der Waals surface area contributed by atoms with Gasteiger partial charge in [0.25, 0.3) is 0 Å². The fraction of sp³-hybridized carbons (Fsp3) is 0.625. The number of nitrogens with one attached hydrogen (secondary N) is 1. The highest BCUT2D eigenvalue weighted by molar-refractivity contribution is 5.49. The number of methoxy groups -OCH3 is 1. The van der Waals surface area contributed by atoms with Crippen LogP contribution in [-0.2, 0) is 0 Å². The lowest BCUT2D eigenvalue weighted by Gasteiger charge is -2.25. The third-order valence-corrected chi connectivity index (χ3v) is 3.95. The average molecular weight is 262 g/mol. The average Bonchev–Trinajstić information content (AvgIpc) is 2.48. The highest BCUT2D eigenvalue weighted by atomic mass is 16.5. The van der Waals surface area contributed by atoms with Gasteiger partial charge in [0, 0.05) is 31.4 Å². The second-order valence-electron chi connectivity index (χ2n) is 5.41. The second kappa shape index (κ2) is 7.39. The number of hydrogen-bond acceptors (Lipinski definition) is 3. The third kappa shape index (κ3) is 4.43. The molecule has 106 valence electrons. The maximum absolute atomic E-state index is 5.27. The highest BCUT2D eigenvalue weighted by Gasteiger charge is 2.12. The van der Waals surface area contributed by atoms with E-state index in [2.05, 4.69) is 29.4 Å². The zero-order valence-electron chi connectivity index (χ0n) is 12.2. The van der Waals surface area contributed by atoms with E-state index >= 15 is 0 Å². The van der Waals surface area contributed by atoms with E-state index in [1.54, 1.807) is 7.11 Å². The van der Waals surface area contributed by atoms with Gasteiger partial charge in [-0.05, 0) is 44.4 Å². The molecule has 1 heterocycles. The van der Waals surface area contributed by atoms with Crippen LogP contribution in [0.2, 0.25) is 0 Å². The van der Waals surface area contributed by atoms with E-state index < -0.39 is 0 Å². The molecule has 1 atom stereocenters. The summed E-state index contributed by atoms with van der Waals surface area (Å²) in [4.78, 5) is 2.31. The molecular weight excluding hydrogens is 236 g/mol. The smallest absolute Gasteiger partial charge is 0.120 e. The largest absolute Gasteiger partial charge is 0.497 e. The van der Waals surface area contributed by atoms with Crippen molar-refractivity contribution >= 4 is 5.69 Å². The van der Waals surface area contributed by atoms with Crippen LogP contribution < -0.4 is 15.0 Å². The summed E-state index contributed by atoms with van der Waals surface area (Å²) in [5.41, 5.74) is 1.23. The number of anilines is 1. The number of rotatable bonds is 6. The van der Waals surface area contributed by atoms with Crippen molar-refractivity contribution in [1.82, 2.24) is 5.32 Å². The number of hydrogen-bond donors (Lipinski definition) is 1. The van der Waals surface area contributed by atoms with Crippen LogP contribution >= 0.6 is 0 Å². The Morgan fingerprint density at radius 2 is 2.26 bits per heavy atom. The van der Waals surface area contributed by atoms with Gasteiger partial charge in [0.15, 0.2) is 0 Å². The van der Waals surface area contributed by atoms with Crippen LogP contribution in [0.1, 0.15) is 32.1 Å². The summed E-state index contributed by atoms with van der Waals surface area (Å²) in [5.74, 6) is 0.929. The number of piperidine rings is 1. The molecule has 0 spiro atoms. The van der Waals surface area contributed by atoms with Crippen LogP contribution in [0.25, 0.3) is 0 Å². The molecule has 0 radical (unpaired) electrons. The predicted molar refractivity (Wildman–Crippen MR) is 81.1 cm³/mol. The molecule has 0 saturated carbocycles. The number of nitrogens with zero attached hydrogens (tertiary/aromatic N) is 1. The molecule has 0 bridgehead atoms. The van der Waals surface area contributed by atoms with Gasteiger partial charge in [0.1, 0.15) is 5.75 Å². The van der Waals surface area contributed by atoms with E-state index in [-0.39, 0.29) is 0 Å². The fourth-order valence-corrected chi connectivity index (χ4v) is 2.72. The Balaban J connectivity index is 1.75. The summed E-state index contributed by atoms with van der Waals surface area (Å²) in [6, 6.07) is 9.02. The van der Waals surface area contributed by atoms with Crippen LogP contribution in [0.3, 0.4) is 0 Å². The van der Waals surface area contributed by atoms with E-state index in [9.17, 15) is 0 Å². The second-order valence-corrected chi connectivity index (χ2v) is 5.41. The predicted octanol–water partition coefficient (Wildman–Crippen LogP) is 3.05. The van der Waals surface area contributed by atoms with Crippen LogP contribution in [-0.4, -0.2) is 33.3 Å². The maximum Gasteiger partial charge on any atom is 0.120 e. The van der Waals surface area contributed by atoms with Gasteiger partial charge in [-0.15, -0.1) is 0 Å². The summed E-state index contributed by atoms with van der Waals surface area (Å²) in [5, 5.41) is 3.61. The minimum Gasteiger partial charge on any atom is -0.497 e. The maximum atomic E-state index is 5.27. The van der Waals surface area contributed by atoms with Gasteiger partial charge in [0.05, 0.1) is 7.11 Å². The van der Waals surface area contributed by atoms with E-state index in [0.717, 1.165) is 18.3 Å². The molecule has 3 heteroatoms. The Labute approximate surface area is 116 Å². The molecule has 1 fully saturated rings. The van der Waals surface area contributed by atoms with Crippen molar-refractivity contribution in [1.29, 1.82) is 0 Å². The van der Waals surface area contributed by atoms with Crippen molar-refractivity contribution in [2.45, 2.75) is 38.1 Å². The fourth-order valence-electron chi connectivity index (χ4n) is 2.72. The zero-order chi connectivity index (χ0) is 13.5. The summed E-state index contributed by atoms with van der Waals surface area (Å²) >= 11 is 0. The summed E-state index contributed by atoms with van der Waals surface area (Å²) in [6.45, 7) is 2.31. The molecular formula is C16H26N2O. The van der Waals surface area contributed by atoms with Crippen LogP contribution in [0.15, 0.2) is 24.3 Å². The SMILES string of the molecule is COc1cccc(N(C)CCCC2CCCCN2)c1. The minimum absolute atomic E-state index is 0.743. The van der Waals surface area contributed by atoms with E-state index in [1.165, 1.54) is 44.3 Å². The van der Waals surface area contributed by atoms with Crippen LogP contribution in [0, 0.1) is 0 Å². The Morgan fingerprint density at radius 1 is 1.37 bits per heavy atom. The Bertz CT molecular complexity index is 375. The summed E-state index contributed by atoms with van der Waals surface area (Å²) in [6.07, 6.45) is 6.62. The quantitative estimate of drug-likeness (QED) is 0.853. The summed E-state index contributed by atoms with van der Waals surface area (Å²) in [7, 11) is 3.87. The van der Waals surface area contributed by atoms with Gasteiger partial charge >= 0.3 is 0 Å². The Hall–Kier alpha value is -1.22. The first-order chi connectivity index (χ1) is 9.29. The standard InChI is InChI=1S/C16H26N2O/c1-18(15-9-5-10-16(13-15)19-2)12-6-8-14-7-3-4-11-17-14/h5,9-10,13-14,17H,3-4,6-8,11-12H2,1-2H3. The van der Waals surface area contributed by atoms with Gasteiger partial charge < -0.3 is 15.0 Å². The summed E-state index contributed by atoms with van der Waals surface area (Å²) < 4.78 is 5.27. The number of benzene rings is 1. The van der Waals surface area contributed by atoms with Crippen LogP contribution in [0.4, 0.5) is 5.69 Å². The van der Waals surface area contributed by atoms with Crippen molar-refractivity contribution in [3.63, 3.8) is 0 Å². The minimum atomic E-state index is 0.743. The van der Waals surface area contributed by atoms with Gasteiger partial charge in [-0.25, -0.2) is 0 Å². The molecule has 1 saturated heterocycles. The van der Waals surface area contributed by atoms with Crippen molar-refractivity contribution < 1.29 is 4.74 Å². The van der Waals surface area contributed by atoms with Crippen molar-refractivity contribution in [3.8, 4) is 5.75 Å². The number of ether oxygens (including phenoxy) is 1.